The van der Waals surface area contributed by atoms with E-state index in [2.05, 4.69) is 20.8 Å². The Morgan fingerprint density at radius 1 is 1.00 bits per heavy atom. The monoisotopic (exact) mass is 526 g/mol. The molecule has 4 rings (SSSR count). The first-order valence-corrected chi connectivity index (χ1v) is 14.5. The van der Waals surface area contributed by atoms with E-state index in [1.54, 1.807) is 36.0 Å². The lowest BCUT2D eigenvalue weighted by Gasteiger charge is -2.37. The van der Waals surface area contributed by atoms with E-state index < -0.39 is 11.6 Å². The van der Waals surface area contributed by atoms with Crippen molar-refractivity contribution in [1.82, 2.24) is 20.8 Å². The first kappa shape index (κ1) is 27.4. The molecule has 2 amide bonds. The maximum Gasteiger partial charge on any atom is 0.286 e. The largest absolute Gasteiger partial charge is 0.408 e. The summed E-state index contributed by atoms with van der Waals surface area (Å²) >= 11 is 1.54. The average molecular weight is 527 g/mol. The summed E-state index contributed by atoms with van der Waals surface area (Å²) in [5.74, 6) is -0.924. The standard InChI is InChI=1S/C28H38N4O4S/c1-19(2)18-22(23(33)25-31-32-27(36-25)37-21-14-8-4-9-15-21)29-26(35)28(16-10-5-11-17-28)30-24(34)20-12-6-3-7-13-20/h3,6-7,12-13,19,21-22H,4-5,8-11,14-18H2,1-2H3,(H,29,35)(H,30,34)/t22-/m0/s1. The van der Waals surface area contributed by atoms with Gasteiger partial charge in [0.25, 0.3) is 17.0 Å². The van der Waals surface area contributed by atoms with Crippen molar-refractivity contribution in [3.8, 4) is 0 Å². The lowest BCUT2D eigenvalue weighted by atomic mass is 9.80. The molecule has 2 saturated carbocycles. The van der Waals surface area contributed by atoms with E-state index in [4.69, 9.17) is 4.42 Å². The molecule has 37 heavy (non-hydrogen) atoms. The van der Waals surface area contributed by atoms with Crippen molar-refractivity contribution in [3.05, 3.63) is 41.8 Å². The van der Waals surface area contributed by atoms with Gasteiger partial charge < -0.3 is 15.1 Å². The number of carbonyl (C=O) groups excluding carboxylic acids is 3. The predicted octanol–water partition coefficient (Wildman–Crippen LogP) is 5.34. The topological polar surface area (TPSA) is 114 Å². The van der Waals surface area contributed by atoms with E-state index in [0.717, 1.165) is 32.1 Å². The van der Waals surface area contributed by atoms with Crippen LogP contribution in [0.4, 0.5) is 0 Å². The van der Waals surface area contributed by atoms with Crippen molar-refractivity contribution < 1.29 is 18.8 Å². The van der Waals surface area contributed by atoms with Crippen LogP contribution in [0.2, 0.25) is 0 Å². The summed E-state index contributed by atoms with van der Waals surface area (Å²) < 4.78 is 5.76. The van der Waals surface area contributed by atoms with Gasteiger partial charge in [-0.2, -0.15) is 0 Å². The molecule has 8 nitrogen and oxygen atoms in total. The lowest BCUT2D eigenvalue weighted by molar-refractivity contribution is -0.129. The summed E-state index contributed by atoms with van der Waals surface area (Å²) in [6, 6.07) is 8.09. The van der Waals surface area contributed by atoms with E-state index >= 15 is 0 Å². The molecule has 1 atom stereocenters. The quantitative estimate of drug-likeness (QED) is 0.402. The number of Topliss-reactive ketones (excluding diaryl/α,β-unsaturated/α-hetero) is 1. The number of thioether (sulfide) groups is 1. The van der Waals surface area contributed by atoms with Gasteiger partial charge >= 0.3 is 0 Å². The summed E-state index contributed by atoms with van der Waals surface area (Å²) in [5.41, 5.74) is -0.554. The zero-order valence-electron chi connectivity index (χ0n) is 21.8. The SMILES string of the molecule is CC(C)C[C@H](NC(=O)C1(NC(=O)c2ccccc2)CCCCC1)C(=O)c1nnc(SC2CCCCC2)o1. The fourth-order valence-electron chi connectivity index (χ4n) is 5.27. The third kappa shape index (κ3) is 7.21. The first-order valence-electron chi connectivity index (χ1n) is 13.6. The number of rotatable bonds is 10. The molecule has 0 bridgehead atoms. The number of carbonyl (C=O) groups is 3. The number of ketones is 1. The smallest absolute Gasteiger partial charge is 0.286 e. The fourth-order valence-corrected chi connectivity index (χ4v) is 6.34. The Kier molecular flexibility index (Phi) is 9.40. The molecule has 0 saturated heterocycles. The molecule has 1 aromatic heterocycles. The zero-order valence-corrected chi connectivity index (χ0v) is 22.6. The zero-order chi connectivity index (χ0) is 26.3. The Balaban J connectivity index is 1.48. The molecule has 9 heteroatoms. The van der Waals surface area contributed by atoms with Gasteiger partial charge in [-0.1, -0.05) is 82.3 Å². The van der Waals surface area contributed by atoms with Crippen molar-refractivity contribution in [2.75, 3.05) is 0 Å². The second-order valence-corrected chi connectivity index (χ2v) is 12.0. The Morgan fingerprint density at radius 2 is 1.68 bits per heavy atom. The first-order chi connectivity index (χ1) is 17.9. The second-order valence-electron chi connectivity index (χ2n) is 10.7. The molecule has 1 aromatic carbocycles. The van der Waals surface area contributed by atoms with Crippen molar-refractivity contribution in [1.29, 1.82) is 0 Å². The van der Waals surface area contributed by atoms with Gasteiger partial charge in [-0.05, 0) is 50.2 Å². The summed E-state index contributed by atoms with van der Waals surface area (Å²) in [7, 11) is 0. The van der Waals surface area contributed by atoms with Gasteiger partial charge in [0.05, 0.1) is 6.04 Å². The van der Waals surface area contributed by atoms with Crippen LogP contribution >= 0.6 is 11.8 Å². The van der Waals surface area contributed by atoms with Crippen molar-refractivity contribution in [2.45, 2.75) is 107 Å². The normalized spacial score (nSPS) is 18.8. The maximum atomic E-state index is 13.7. The number of hydrogen-bond donors (Lipinski definition) is 2. The number of benzene rings is 1. The number of amides is 2. The molecule has 0 spiro atoms. The minimum Gasteiger partial charge on any atom is -0.408 e. The molecule has 0 aliphatic heterocycles. The Morgan fingerprint density at radius 3 is 2.35 bits per heavy atom. The number of nitrogens with one attached hydrogen (secondary N) is 2. The van der Waals surface area contributed by atoms with Crippen LogP contribution in [0.5, 0.6) is 0 Å². The van der Waals surface area contributed by atoms with Gasteiger partial charge in [0, 0.05) is 10.8 Å². The van der Waals surface area contributed by atoms with Crippen LogP contribution in [0.15, 0.2) is 40.0 Å². The Bertz CT molecular complexity index is 1060. The van der Waals surface area contributed by atoms with Crippen LogP contribution in [0.3, 0.4) is 0 Å². The summed E-state index contributed by atoms with van der Waals surface area (Å²) in [5, 5.41) is 15.0. The van der Waals surface area contributed by atoms with Gasteiger partial charge in [0.15, 0.2) is 0 Å². The molecule has 1 heterocycles. The maximum absolute atomic E-state index is 13.7. The summed E-state index contributed by atoms with van der Waals surface area (Å²) in [6.45, 7) is 4.00. The van der Waals surface area contributed by atoms with Crippen molar-refractivity contribution >= 4 is 29.4 Å². The van der Waals surface area contributed by atoms with E-state index in [-0.39, 0.29) is 29.4 Å². The summed E-state index contributed by atoms with van der Waals surface area (Å²) in [6.07, 6.45) is 10.0. The number of aromatic nitrogens is 2. The van der Waals surface area contributed by atoms with E-state index in [9.17, 15) is 14.4 Å². The molecule has 2 aromatic rings. The van der Waals surface area contributed by atoms with E-state index in [0.29, 0.717) is 35.3 Å². The predicted molar refractivity (Wildman–Crippen MR) is 142 cm³/mol. The lowest BCUT2D eigenvalue weighted by Crippen LogP contribution is -2.62. The number of nitrogens with zero attached hydrogens (tertiary/aromatic N) is 2. The van der Waals surface area contributed by atoms with Crippen molar-refractivity contribution in [3.63, 3.8) is 0 Å². The van der Waals surface area contributed by atoms with Crippen LogP contribution < -0.4 is 10.6 Å². The molecule has 200 valence electrons. The highest BCUT2D eigenvalue weighted by Gasteiger charge is 2.43. The molecule has 2 aliphatic rings. The van der Waals surface area contributed by atoms with Crippen LogP contribution in [0, 0.1) is 5.92 Å². The Hall–Kier alpha value is -2.68. The molecule has 2 aliphatic carbocycles. The third-order valence-corrected chi connectivity index (χ3v) is 8.47. The fraction of sp³-hybridized carbons (Fsp3) is 0.607. The van der Waals surface area contributed by atoms with Gasteiger partial charge in [-0.15, -0.1) is 10.2 Å². The van der Waals surface area contributed by atoms with Gasteiger partial charge in [-0.3, -0.25) is 14.4 Å². The minimum atomic E-state index is -1.06. The molecule has 0 unspecified atom stereocenters. The molecule has 2 N–H and O–H groups in total. The average Bonchev–Trinajstić information content (AvgIpc) is 3.37. The summed E-state index contributed by atoms with van der Waals surface area (Å²) in [4.78, 5) is 40.2. The number of hydrogen-bond acceptors (Lipinski definition) is 7. The van der Waals surface area contributed by atoms with Gasteiger partial charge in [0.2, 0.25) is 11.7 Å². The van der Waals surface area contributed by atoms with Gasteiger partial charge in [0.1, 0.15) is 5.54 Å². The van der Waals surface area contributed by atoms with Crippen LogP contribution in [0.25, 0.3) is 0 Å². The molecular weight excluding hydrogens is 488 g/mol. The molecule has 2 fully saturated rings. The van der Waals surface area contributed by atoms with Crippen LogP contribution in [-0.2, 0) is 4.79 Å². The Labute approximate surface area is 223 Å². The van der Waals surface area contributed by atoms with Crippen LogP contribution in [0.1, 0.15) is 106 Å². The third-order valence-electron chi connectivity index (χ3n) is 7.30. The highest BCUT2D eigenvalue weighted by molar-refractivity contribution is 7.99. The van der Waals surface area contributed by atoms with Gasteiger partial charge in [-0.25, -0.2) is 0 Å². The minimum absolute atomic E-state index is 0.0738. The van der Waals surface area contributed by atoms with Crippen molar-refractivity contribution in [2.24, 2.45) is 5.92 Å². The molecule has 0 radical (unpaired) electrons. The van der Waals surface area contributed by atoms with Crippen LogP contribution in [-0.4, -0.2) is 44.6 Å². The highest BCUT2D eigenvalue weighted by atomic mass is 32.2. The second kappa shape index (κ2) is 12.7. The van der Waals surface area contributed by atoms with E-state index in [1.165, 1.54) is 19.3 Å². The highest BCUT2D eigenvalue weighted by Crippen LogP contribution is 2.33. The van der Waals surface area contributed by atoms with E-state index in [1.807, 2.05) is 19.9 Å². The molecular formula is C28H38N4O4S.